The molecule has 0 aliphatic carbocycles. The fourth-order valence-electron chi connectivity index (χ4n) is 9.51. The van der Waals surface area contributed by atoms with Crippen LogP contribution in [0.3, 0.4) is 0 Å². The summed E-state index contributed by atoms with van der Waals surface area (Å²) >= 11 is 12.0. The van der Waals surface area contributed by atoms with Gasteiger partial charge in [-0.2, -0.15) is 0 Å². The summed E-state index contributed by atoms with van der Waals surface area (Å²) in [6.45, 7) is 23.0. The number of halogens is 2. The Bertz CT molecular complexity index is 2370. The molecule has 3 heterocycles. The highest BCUT2D eigenvalue weighted by atomic mass is 35.5. The minimum absolute atomic E-state index is 0.0215. The van der Waals surface area contributed by atoms with Crippen molar-refractivity contribution < 1.29 is 28.7 Å². The summed E-state index contributed by atoms with van der Waals surface area (Å²) in [6, 6.07) is 17.9. The molecule has 0 radical (unpaired) electrons. The molecule has 384 valence electrons. The zero-order valence-corrected chi connectivity index (χ0v) is 44.4. The van der Waals surface area contributed by atoms with Crippen molar-refractivity contribution in [3.05, 3.63) is 122 Å². The average molecular weight is 1010 g/mol. The Morgan fingerprint density at radius 2 is 1.01 bits per heavy atom. The number of rotatable bonds is 25. The number of ether oxygens (including phenoxy) is 2. The lowest BCUT2D eigenvalue weighted by molar-refractivity contribution is -0.141. The van der Waals surface area contributed by atoms with E-state index in [9.17, 15) is 19.2 Å². The molecule has 0 saturated carbocycles. The Hall–Kier alpha value is -4.89. The standard InChI is InChI=1S/C56H75Cl2N7O6/c1-38(2)60-55(68)50(64-30-26-62(27-31-64)24-10-8-12-34-70-49-23-18-45(37-59-49)52(66)43-14-19-46(57)20-15-43)51(56(69)61-39(3)4)65-32-28-63(29-33-65)25-11-9-13-35-71-54-40(5)36-48(41(6)42(54)7)53(67)44-16-21-47(58)22-17-44/h14-23,36-39,50-51H,8-13,24-35H2,1-7H3,(H,60,68)(H,61,69). The number of carbonyl (C=O) groups is 4. The van der Waals surface area contributed by atoms with E-state index in [0.29, 0.717) is 77.6 Å². The third-order valence-electron chi connectivity index (χ3n) is 13.5. The van der Waals surface area contributed by atoms with Gasteiger partial charge in [-0.3, -0.25) is 29.0 Å². The summed E-state index contributed by atoms with van der Waals surface area (Å²) in [5.41, 5.74) is 5.21. The van der Waals surface area contributed by atoms with Crippen LogP contribution in [0.5, 0.6) is 11.6 Å². The van der Waals surface area contributed by atoms with E-state index in [1.54, 1.807) is 66.9 Å². The first-order valence-corrected chi connectivity index (χ1v) is 26.3. The molecule has 13 nitrogen and oxygen atoms in total. The van der Waals surface area contributed by atoms with Gasteiger partial charge in [0.25, 0.3) is 0 Å². The number of ketones is 2. The van der Waals surface area contributed by atoms with Gasteiger partial charge in [-0.1, -0.05) is 23.2 Å². The summed E-state index contributed by atoms with van der Waals surface area (Å²) in [5, 5.41) is 7.53. The van der Waals surface area contributed by atoms with Crippen LogP contribution in [0.4, 0.5) is 0 Å². The molecule has 2 N–H and O–H groups in total. The van der Waals surface area contributed by atoms with Crippen LogP contribution in [-0.4, -0.2) is 151 Å². The molecule has 2 aliphatic heterocycles. The molecule has 2 saturated heterocycles. The first kappa shape index (κ1) is 55.4. The zero-order valence-electron chi connectivity index (χ0n) is 42.9. The molecular weight excluding hydrogens is 938 g/mol. The van der Waals surface area contributed by atoms with E-state index in [1.807, 2.05) is 54.5 Å². The summed E-state index contributed by atoms with van der Waals surface area (Å²) in [4.78, 5) is 68.2. The molecule has 0 spiro atoms. The molecule has 4 aromatic rings. The maximum Gasteiger partial charge on any atom is 0.239 e. The van der Waals surface area contributed by atoms with Crippen LogP contribution in [0.2, 0.25) is 10.0 Å². The quantitative estimate of drug-likeness (QED) is 0.0488. The Morgan fingerprint density at radius 1 is 0.563 bits per heavy atom. The number of amides is 2. The van der Waals surface area contributed by atoms with Gasteiger partial charge in [0.2, 0.25) is 17.7 Å². The largest absolute Gasteiger partial charge is 0.493 e. The number of nitrogens with one attached hydrogen (secondary N) is 2. The third kappa shape index (κ3) is 16.1. The number of hydrogen-bond acceptors (Lipinski definition) is 11. The number of carbonyl (C=O) groups excluding carboxylic acids is 4. The van der Waals surface area contributed by atoms with Crippen LogP contribution in [0, 0.1) is 20.8 Å². The average Bonchev–Trinajstić information content (AvgIpc) is 3.35. The summed E-state index contributed by atoms with van der Waals surface area (Å²) < 4.78 is 12.2. The van der Waals surface area contributed by atoms with Crippen molar-refractivity contribution in [3.63, 3.8) is 0 Å². The molecule has 71 heavy (non-hydrogen) atoms. The Morgan fingerprint density at radius 3 is 1.46 bits per heavy atom. The van der Waals surface area contributed by atoms with E-state index >= 15 is 0 Å². The molecule has 2 amide bonds. The molecule has 2 aliphatic rings. The van der Waals surface area contributed by atoms with Crippen molar-refractivity contribution in [2.75, 3.05) is 78.7 Å². The minimum Gasteiger partial charge on any atom is -0.493 e. The molecule has 2 unspecified atom stereocenters. The van der Waals surface area contributed by atoms with E-state index < -0.39 is 12.1 Å². The highest BCUT2D eigenvalue weighted by molar-refractivity contribution is 6.31. The molecule has 1 aromatic heterocycles. The van der Waals surface area contributed by atoms with E-state index in [-0.39, 0.29) is 35.5 Å². The maximum absolute atomic E-state index is 14.2. The van der Waals surface area contributed by atoms with Crippen LogP contribution in [0.1, 0.15) is 115 Å². The highest BCUT2D eigenvalue weighted by Crippen LogP contribution is 2.31. The van der Waals surface area contributed by atoms with Crippen LogP contribution in [0.15, 0.2) is 72.9 Å². The molecule has 2 atom stereocenters. The van der Waals surface area contributed by atoms with Gasteiger partial charge in [0, 0.05) is 109 Å². The van der Waals surface area contributed by atoms with Crippen molar-refractivity contribution in [1.82, 2.24) is 35.2 Å². The summed E-state index contributed by atoms with van der Waals surface area (Å²) in [7, 11) is 0. The molecule has 15 heteroatoms. The Labute approximate surface area is 431 Å². The van der Waals surface area contributed by atoms with Gasteiger partial charge in [-0.25, -0.2) is 4.98 Å². The Balaban J connectivity index is 0.934. The van der Waals surface area contributed by atoms with Gasteiger partial charge in [0.05, 0.1) is 13.2 Å². The fraction of sp³-hybridized carbons (Fsp3) is 0.518. The van der Waals surface area contributed by atoms with Gasteiger partial charge < -0.3 is 29.9 Å². The van der Waals surface area contributed by atoms with Crippen molar-refractivity contribution in [1.29, 1.82) is 0 Å². The number of unbranched alkanes of at least 4 members (excludes halogenated alkanes) is 4. The van der Waals surface area contributed by atoms with E-state index in [2.05, 4.69) is 35.2 Å². The second-order valence-corrected chi connectivity index (χ2v) is 20.5. The molecule has 0 bridgehead atoms. The van der Waals surface area contributed by atoms with Crippen molar-refractivity contribution in [3.8, 4) is 11.6 Å². The van der Waals surface area contributed by atoms with Gasteiger partial charge in [-0.05, 0) is 177 Å². The number of benzene rings is 3. The van der Waals surface area contributed by atoms with Gasteiger partial charge in [0.15, 0.2) is 11.6 Å². The molecule has 3 aromatic carbocycles. The van der Waals surface area contributed by atoms with Crippen molar-refractivity contribution in [2.24, 2.45) is 0 Å². The van der Waals surface area contributed by atoms with Crippen LogP contribution >= 0.6 is 23.2 Å². The van der Waals surface area contributed by atoms with Crippen LogP contribution in [-0.2, 0) is 9.59 Å². The molecular formula is C56H75Cl2N7O6. The van der Waals surface area contributed by atoms with Gasteiger partial charge in [0.1, 0.15) is 17.8 Å². The van der Waals surface area contributed by atoms with E-state index in [1.165, 1.54) is 0 Å². The SMILES string of the molecule is Cc1cc(C(=O)c2ccc(Cl)cc2)c(C)c(C)c1OCCCCCN1CCN(C(C(=O)NC(C)C)C(C(=O)NC(C)C)N2CCN(CCCCCOc3ccc(C(=O)c4ccc(Cl)cc4)cn3)CC2)CC1. The number of hydrogen-bond donors (Lipinski definition) is 2. The second-order valence-electron chi connectivity index (χ2n) is 19.7. The lowest BCUT2D eigenvalue weighted by atomic mass is 9.93. The first-order chi connectivity index (χ1) is 34.1. The molecule has 2 fully saturated rings. The number of piperazine rings is 2. The van der Waals surface area contributed by atoms with Crippen molar-refractivity contribution >= 4 is 46.6 Å². The Kier molecular flexibility index (Phi) is 21.3. The number of aromatic nitrogens is 1. The summed E-state index contributed by atoms with van der Waals surface area (Å²) in [5.74, 6) is 1.02. The highest BCUT2D eigenvalue weighted by Gasteiger charge is 2.43. The summed E-state index contributed by atoms with van der Waals surface area (Å²) in [6.07, 6.45) is 7.42. The lowest BCUT2D eigenvalue weighted by Gasteiger charge is -2.46. The monoisotopic (exact) mass is 1010 g/mol. The smallest absolute Gasteiger partial charge is 0.239 e. The first-order valence-electron chi connectivity index (χ1n) is 25.6. The minimum atomic E-state index is -0.614. The predicted octanol–water partition coefficient (Wildman–Crippen LogP) is 8.60. The van der Waals surface area contributed by atoms with Crippen molar-refractivity contribution in [2.45, 2.75) is 111 Å². The van der Waals surface area contributed by atoms with E-state index in [0.717, 1.165) is 100 Å². The van der Waals surface area contributed by atoms with Gasteiger partial charge in [-0.15, -0.1) is 0 Å². The van der Waals surface area contributed by atoms with Crippen LogP contribution < -0.4 is 20.1 Å². The normalized spacial score (nSPS) is 15.9. The lowest BCUT2D eigenvalue weighted by Crippen LogP contribution is -2.68. The zero-order chi connectivity index (χ0) is 51.0. The topological polar surface area (TPSA) is 137 Å². The van der Waals surface area contributed by atoms with E-state index in [4.69, 9.17) is 32.7 Å². The number of pyridine rings is 1. The predicted molar refractivity (Wildman–Crippen MR) is 284 cm³/mol. The third-order valence-corrected chi connectivity index (χ3v) is 14.0. The maximum atomic E-state index is 14.2. The second kappa shape index (κ2) is 27.2. The van der Waals surface area contributed by atoms with Gasteiger partial charge >= 0.3 is 0 Å². The molecule has 6 rings (SSSR count). The fourth-order valence-corrected chi connectivity index (χ4v) is 9.76. The number of aryl methyl sites for hydroxylation is 1. The van der Waals surface area contributed by atoms with Crippen LogP contribution in [0.25, 0.3) is 0 Å². The number of nitrogens with zero attached hydrogens (tertiary/aromatic N) is 5.